The van der Waals surface area contributed by atoms with Crippen LogP contribution in [0.3, 0.4) is 0 Å². The van der Waals surface area contributed by atoms with Crippen LogP contribution in [0.5, 0.6) is 0 Å². The maximum Gasteiger partial charge on any atom is 0.0621 e. The van der Waals surface area contributed by atoms with Crippen LogP contribution in [-0.2, 0) is 21.7 Å². The van der Waals surface area contributed by atoms with Crippen LogP contribution in [0.4, 0.5) is 17.1 Å². The largest absolute Gasteiger partial charge is 0.309 e. The normalized spacial score (nSPS) is 17.3. The molecule has 10 rings (SSSR count). The van der Waals surface area contributed by atoms with E-state index in [1.165, 1.54) is 94.6 Å². The van der Waals surface area contributed by atoms with Gasteiger partial charge in [-0.05, 0) is 108 Å². The summed E-state index contributed by atoms with van der Waals surface area (Å²) in [4.78, 5) is 2.61. The fourth-order valence-electron chi connectivity index (χ4n) is 10.3. The van der Waals surface area contributed by atoms with Gasteiger partial charge in [-0.3, -0.25) is 0 Å². The van der Waals surface area contributed by atoms with Crippen molar-refractivity contribution >= 4 is 27.8 Å². The molecule has 260 valence electrons. The molecule has 0 fully saturated rings. The summed E-state index contributed by atoms with van der Waals surface area (Å²) in [5, 5.41) is 2.54. The molecular formula is C52H47N. The molecule has 0 heterocycles. The average Bonchev–Trinajstić information content (AvgIpc) is 3.53. The summed E-state index contributed by atoms with van der Waals surface area (Å²) >= 11 is 0. The van der Waals surface area contributed by atoms with Gasteiger partial charge in [-0.1, -0.05) is 165 Å². The SMILES string of the molecule is CC1(C)c2ccccc2-c2ccc(N(c3ccc4c(c3)C(C)(C)C(C)(C)c3ccccc3-4)c3c4c(cc5ccccc35)C(C)(C)c3ccccc3-4)cc21. The molecule has 0 atom stereocenters. The molecule has 0 radical (unpaired) electrons. The van der Waals surface area contributed by atoms with Gasteiger partial charge in [0.15, 0.2) is 0 Å². The fourth-order valence-corrected chi connectivity index (χ4v) is 10.3. The maximum absolute atomic E-state index is 2.61. The van der Waals surface area contributed by atoms with Crippen molar-refractivity contribution in [3.8, 4) is 33.4 Å². The predicted molar refractivity (Wildman–Crippen MR) is 225 cm³/mol. The van der Waals surface area contributed by atoms with E-state index >= 15 is 0 Å². The van der Waals surface area contributed by atoms with Crippen molar-refractivity contribution in [2.24, 2.45) is 0 Å². The molecule has 0 saturated carbocycles. The summed E-state index contributed by atoms with van der Waals surface area (Å²) in [7, 11) is 0. The van der Waals surface area contributed by atoms with Crippen molar-refractivity contribution in [1.29, 1.82) is 0 Å². The molecule has 0 amide bonds. The Morgan fingerprint density at radius 1 is 0.358 bits per heavy atom. The maximum atomic E-state index is 2.61. The van der Waals surface area contributed by atoms with Gasteiger partial charge in [0.25, 0.3) is 0 Å². The van der Waals surface area contributed by atoms with Crippen LogP contribution in [0, 0.1) is 0 Å². The van der Waals surface area contributed by atoms with Crippen LogP contribution in [0.2, 0.25) is 0 Å². The number of benzene rings is 7. The van der Waals surface area contributed by atoms with Gasteiger partial charge in [0.1, 0.15) is 0 Å². The monoisotopic (exact) mass is 685 g/mol. The fraction of sp³-hybridized carbons (Fsp3) is 0.231. The third kappa shape index (κ3) is 4.14. The van der Waals surface area contributed by atoms with Gasteiger partial charge in [-0.2, -0.15) is 0 Å². The van der Waals surface area contributed by atoms with E-state index in [1.807, 2.05) is 0 Å². The van der Waals surface area contributed by atoms with Crippen LogP contribution in [0.25, 0.3) is 44.2 Å². The quantitative estimate of drug-likeness (QED) is 0.179. The number of fused-ring (bicyclic) bond motifs is 10. The zero-order chi connectivity index (χ0) is 36.7. The molecule has 0 saturated heterocycles. The Hall–Kier alpha value is -5.40. The second-order valence-electron chi connectivity index (χ2n) is 17.8. The molecule has 0 N–H and O–H groups in total. The third-order valence-electron chi connectivity index (χ3n) is 14.0. The van der Waals surface area contributed by atoms with Gasteiger partial charge < -0.3 is 4.90 Å². The Morgan fingerprint density at radius 3 is 1.49 bits per heavy atom. The van der Waals surface area contributed by atoms with Crippen LogP contribution >= 0.6 is 0 Å². The Bertz CT molecular complexity index is 2680. The van der Waals surface area contributed by atoms with Crippen LogP contribution in [0.15, 0.2) is 140 Å². The summed E-state index contributed by atoms with van der Waals surface area (Å²) in [6, 6.07) is 53.2. The van der Waals surface area contributed by atoms with Gasteiger partial charge >= 0.3 is 0 Å². The minimum atomic E-state index is -0.135. The molecule has 7 aromatic carbocycles. The summed E-state index contributed by atoms with van der Waals surface area (Å²) in [6.45, 7) is 19.3. The molecule has 0 aliphatic heterocycles. The lowest BCUT2D eigenvalue weighted by atomic mass is 9.55. The summed E-state index contributed by atoms with van der Waals surface area (Å²) < 4.78 is 0. The molecule has 53 heavy (non-hydrogen) atoms. The molecule has 3 aliphatic rings. The third-order valence-corrected chi connectivity index (χ3v) is 14.0. The number of nitrogens with zero attached hydrogens (tertiary/aromatic N) is 1. The highest BCUT2D eigenvalue weighted by Crippen LogP contribution is 2.59. The van der Waals surface area contributed by atoms with E-state index in [9.17, 15) is 0 Å². The minimum Gasteiger partial charge on any atom is -0.309 e. The molecular weight excluding hydrogens is 639 g/mol. The minimum absolute atomic E-state index is 0.0624. The predicted octanol–water partition coefficient (Wildman–Crippen LogP) is 14.2. The van der Waals surface area contributed by atoms with Crippen molar-refractivity contribution in [1.82, 2.24) is 0 Å². The summed E-state index contributed by atoms with van der Waals surface area (Å²) in [5.74, 6) is 0. The molecule has 0 bridgehead atoms. The van der Waals surface area contributed by atoms with Crippen LogP contribution in [0.1, 0.15) is 88.8 Å². The topological polar surface area (TPSA) is 3.24 Å². The van der Waals surface area contributed by atoms with E-state index in [0.717, 1.165) is 0 Å². The van der Waals surface area contributed by atoms with E-state index < -0.39 is 0 Å². The molecule has 0 unspecified atom stereocenters. The highest BCUT2D eigenvalue weighted by molar-refractivity contribution is 6.10. The van der Waals surface area contributed by atoms with E-state index in [0.29, 0.717) is 0 Å². The number of anilines is 3. The van der Waals surface area contributed by atoms with Gasteiger partial charge in [0, 0.05) is 33.2 Å². The van der Waals surface area contributed by atoms with Crippen molar-refractivity contribution in [3.63, 3.8) is 0 Å². The lowest BCUT2D eigenvalue weighted by molar-refractivity contribution is 0.299. The first-order valence-corrected chi connectivity index (χ1v) is 19.3. The van der Waals surface area contributed by atoms with E-state index in [2.05, 4.69) is 200 Å². The van der Waals surface area contributed by atoms with Gasteiger partial charge in [0.05, 0.1) is 5.69 Å². The second kappa shape index (κ2) is 10.6. The van der Waals surface area contributed by atoms with Crippen molar-refractivity contribution in [3.05, 3.63) is 173 Å². The van der Waals surface area contributed by atoms with Gasteiger partial charge in [-0.25, -0.2) is 0 Å². The summed E-state index contributed by atoms with van der Waals surface area (Å²) in [5.41, 5.74) is 19.7. The van der Waals surface area contributed by atoms with Gasteiger partial charge in [0.2, 0.25) is 0 Å². The lowest BCUT2D eigenvalue weighted by Crippen LogP contribution is -2.43. The molecule has 0 aromatic heterocycles. The highest BCUT2D eigenvalue weighted by Gasteiger charge is 2.46. The Morgan fingerprint density at radius 2 is 0.811 bits per heavy atom. The van der Waals surface area contributed by atoms with Crippen LogP contribution < -0.4 is 4.90 Å². The first kappa shape index (κ1) is 32.3. The molecule has 7 aromatic rings. The standard InChI is InChI=1S/C52H47N/c1-49(2)41-22-14-11-19-36(41)38-27-25-33(30-44(38)49)53(34-26-28-39-37-20-12-16-24-43(37)51(5,6)52(7,8)45(39)31-34)48-35-18-10-9-17-32(35)29-46-47(48)40-21-13-15-23-42(40)50(46,3)4/h9-31H,1-8H3. The number of hydrogen-bond donors (Lipinski definition) is 0. The zero-order valence-electron chi connectivity index (χ0n) is 32.2. The first-order valence-electron chi connectivity index (χ1n) is 19.3. The Kier molecular flexibility index (Phi) is 6.45. The molecule has 3 aliphatic carbocycles. The lowest BCUT2D eigenvalue weighted by Gasteiger charge is -2.48. The smallest absolute Gasteiger partial charge is 0.0621 e. The van der Waals surface area contributed by atoms with Crippen molar-refractivity contribution < 1.29 is 0 Å². The second-order valence-corrected chi connectivity index (χ2v) is 17.8. The first-order chi connectivity index (χ1) is 25.3. The summed E-state index contributed by atoms with van der Waals surface area (Å²) in [6.07, 6.45) is 0. The number of hydrogen-bond acceptors (Lipinski definition) is 1. The Balaban J connectivity index is 1.32. The van der Waals surface area contributed by atoms with Crippen molar-refractivity contribution in [2.45, 2.75) is 77.0 Å². The van der Waals surface area contributed by atoms with E-state index in [1.54, 1.807) is 0 Å². The van der Waals surface area contributed by atoms with E-state index in [4.69, 9.17) is 0 Å². The van der Waals surface area contributed by atoms with E-state index in [-0.39, 0.29) is 21.7 Å². The molecule has 1 nitrogen and oxygen atoms in total. The van der Waals surface area contributed by atoms with Crippen molar-refractivity contribution in [2.75, 3.05) is 4.90 Å². The zero-order valence-corrected chi connectivity index (χ0v) is 32.2. The number of rotatable bonds is 3. The van der Waals surface area contributed by atoms with Crippen LogP contribution in [-0.4, -0.2) is 0 Å². The average molecular weight is 686 g/mol. The highest BCUT2D eigenvalue weighted by atomic mass is 15.1. The van der Waals surface area contributed by atoms with Gasteiger partial charge in [-0.15, -0.1) is 0 Å². The molecule has 1 heteroatoms. The molecule has 0 spiro atoms. The Labute approximate surface area is 315 Å².